The van der Waals surface area contributed by atoms with Crippen LogP contribution in [0, 0.1) is 0 Å². The van der Waals surface area contributed by atoms with Crippen molar-refractivity contribution in [3.8, 4) is 0 Å². The minimum absolute atomic E-state index is 0.00791. The van der Waals surface area contributed by atoms with Gasteiger partial charge in [0.2, 0.25) is 0 Å². The molecule has 2 aromatic rings. The minimum Gasteiger partial charge on any atom is -0.366 e. The van der Waals surface area contributed by atoms with E-state index >= 15 is 0 Å². The van der Waals surface area contributed by atoms with Gasteiger partial charge >= 0.3 is 0 Å². The molecule has 6 nitrogen and oxygen atoms in total. The van der Waals surface area contributed by atoms with Gasteiger partial charge in [-0.25, -0.2) is 4.98 Å². The number of morpholine rings is 1. The first-order valence-electron chi connectivity index (χ1n) is 7.85. The topological polar surface area (TPSA) is 59.4 Å². The zero-order valence-corrected chi connectivity index (χ0v) is 13.3. The first kappa shape index (κ1) is 15.7. The number of imidazole rings is 1. The molecule has 1 aliphatic heterocycles. The summed E-state index contributed by atoms with van der Waals surface area (Å²) >= 11 is 0. The second-order valence-electron chi connectivity index (χ2n) is 5.71. The molecule has 1 unspecified atom stereocenters. The van der Waals surface area contributed by atoms with Gasteiger partial charge in [-0.1, -0.05) is 30.3 Å². The van der Waals surface area contributed by atoms with Crippen molar-refractivity contribution in [3.05, 3.63) is 54.1 Å². The molecule has 1 aromatic carbocycles. The third kappa shape index (κ3) is 3.97. The summed E-state index contributed by atoms with van der Waals surface area (Å²) in [5.41, 5.74) is 1.21. The van der Waals surface area contributed by atoms with Crippen molar-refractivity contribution in [2.45, 2.75) is 19.2 Å². The molecule has 0 saturated carbocycles. The fraction of sp³-hybridized carbons (Fsp3) is 0.412. The smallest absolute Gasteiger partial charge is 0.253 e. The maximum Gasteiger partial charge on any atom is 0.253 e. The molecule has 122 valence electrons. The molecule has 1 amide bonds. The second-order valence-corrected chi connectivity index (χ2v) is 5.71. The van der Waals surface area contributed by atoms with E-state index in [2.05, 4.69) is 27.0 Å². The summed E-state index contributed by atoms with van der Waals surface area (Å²) in [6.07, 6.45) is 3.32. The van der Waals surface area contributed by atoms with E-state index in [1.165, 1.54) is 5.56 Å². The van der Waals surface area contributed by atoms with Gasteiger partial charge in [-0.2, -0.15) is 0 Å². The molecule has 1 aromatic heterocycles. The fourth-order valence-electron chi connectivity index (χ4n) is 2.68. The lowest BCUT2D eigenvalue weighted by molar-refractivity contribution is -0.144. The number of benzene rings is 1. The quantitative estimate of drug-likeness (QED) is 0.890. The average molecular weight is 314 g/mol. The molecule has 1 saturated heterocycles. The number of nitrogens with zero attached hydrogens (tertiary/aromatic N) is 3. The monoisotopic (exact) mass is 314 g/mol. The SMILES string of the molecule is CN(Cc1nccn1Cc1ccccc1)C(=O)C1CNCCO1. The largest absolute Gasteiger partial charge is 0.366 e. The Bertz CT molecular complexity index is 635. The lowest BCUT2D eigenvalue weighted by Crippen LogP contribution is -2.48. The van der Waals surface area contributed by atoms with Gasteiger partial charge in [0.1, 0.15) is 11.9 Å². The van der Waals surface area contributed by atoms with Crippen LogP contribution in [0.15, 0.2) is 42.7 Å². The van der Waals surface area contributed by atoms with E-state index in [0.717, 1.165) is 18.9 Å². The number of amides is 1. The van der Waals surface area contributed by atoms with Crippen LogP contribution in [0.25, 0.3) is 0 Å². The van der Waals surface area contributed by atoms with Gasteiger partial charge < -0.3 is 19.5 Å². The van der Waals surface area contributed by atoms with Crippen LogP contribution in [0.2, 0.25) is 0 Å². The summed E-state index contributed by atoms with van der Waals surface area (Å²) in [5.74, 6) is 0.861. The number of ether oxygens (including phenoxy) is 1. The van der Waals surface area contributed by atoms with Gasteiger partial charge in [0.25, 0.3) is 5.91 Å². The third-order valence-electron chi connectivity index (χ3n) is 3.96. The lowest BCUT2D eigenvalue weighted by atomic mass is 10.2. The summed E-state index contributed by atoms with van der Waals surface area (Å²) in [7, 11) is 1.79. The molecule has 1 atom stereocenters. The Morgan fingerprint density at radius 2 is 2.26 bits per heavy atom. The molecule has 0 spiro atoms. The first-order chi connectivity index (χ1) is 11.2. The normalized spacial score (nSPS) is 17.9. The van der Waals surface area contributed by atoms with E-state index in [0.29, 0.717) is 19.7 Å². The Labute approximate surface area is 136 Å². The van der Waals surface area contributed by atoms with Crippen molar-refractivity contribution in [2.75, 3.05) is 26.7 Å². The van der Waals surface area contributed by atoms with Gasteiger partial charge in [-0.3, -0.25) is 4.79 Å². The summed E-state index contributed by atoms with van der Waals surface area (Å²) in [6, 6.07) is 10.2. The van der Waals surface area contributed by atoms with E-state index in [4.69, 9.17) is 4.74 Å². The zero-order valence-electron chi connectivity index (χ0n) is 13.3. The molecule has 1 N–H and O–H groups in total. The Morgan fingerprint density at radius 3 is 3.00 bits per heavy atom. The fourth-order valence-corrected chi connectivity index (χ4v) is 2.68. The standard InChI is InChI=1S/C17H22N4O2/c1-20(17(22)15-11-18-8-10-23-15)13-16-19-7-9-21(16)12-14-5-3-2-4-6-14/h2-7,9,15,18H,8,10-13H2,1H3. The van der Waals surface area contributed by atoms with Crippen LogP contribution in [-0.4, -0.2) is 53.2 Å². The van der Waals surface area contributed by atoms with Crippen molar-refractivity contribution in [2.24, 2.45) is 0 Å². The van der Waals surface area contributed by atoms with Crippen molar-refractivity contribution in [1.29, 1.82) is 0 Å². The van der Waals surface area contributed by atoms with Gasteiger partial charge in [0, 0.05) is 39.1 Å². The van der Waals surface area contributed by atoms with Crippen LogP contribution in [-0.2, 0) is 22.6 Å². The maximum absolute atomic E-state index is 12.4. The Kier molecular flexibility index (Phi) is 5.05. The predicted octanol–water partition coefficient (Wildman–Crippen LogP) is 0.878. The van der Waals surface area contributed by atoms with E-state index in [1.807, 2.05) is 24.4 Å². The van der Waals surface area contributed by atoms with Gasteiger partial charge in [-0.05, 0) is 5.56 Å². The number of carbonyl (C=O) groups is 1. The molecule has 0 bridgehead atoms. The Morgan fingerprint density at radius 1 is 1.43 bits per heavy atom. The third-order valence-corrected chi connectivity index (χ3v) is 3.96. The molecule has 2 heterocycles. The van der Waals surface area contributed by atoms with Gasteiger partial charge in [-0.15, -0.1) is 0 Å². The summed E-state index contributed by atoms with van der Waals surface area (Å²) in [6.45, 7) is 3.17. The zero-order chi connectivity index (χ0) is 16.1. The molecule has 0 radical (unpaired) electrons. The summed E-state index contributed by atoms with van der Waals surface area (Å²) < 4.78 is 7.59. The molecule has 6 heteroatoms. The minimum atomic E-state index is -0.397. The first-order valence-corrected chi connectivity index (χ1v) is 7.85. The summed E-state index contributed by atoms with van der Waals surface area (Å²) in [4.78, 5) is 18.5. The molecular formula is C17H22N4O2. The van der Waals surface area contributed by atoms with E-state index in [-0.39, 0.29) is 5.91 Å². The van der Waals surface area contributed by atoms with Crippen molar-refractivity contribution in [1.82, 2.24) is 19.8 Å². The molecule has 23 heavy (non-hydrogen) atoms. The Balaban J connectivity index is 1.63. The average Bonchev–Trinajstić information content (AvgIpc) is 3.02. The van der Waals surface area contributed by atoms with Crippen molar-refractivity contribution >= 4 is 5.91 Å². The maximum atomic E-state index is 12.4. The molecule has 1 aliphatic rings. The van der Waals surface area contributed by atoms with E-state index < -0.39 is 6.10 Å². The van der Waals surface area contributed by atoms with Gasteiger partial charge in [0.05, 0.1) is 13.2 Å². The van der Waals surface area contributed by atoms with Crippen molar-refractivity contribution in [3.63, 3.8) is 0 Å². The van der Waals surface area contributed by atoms with Crippen LogP contribution in [0.4, 0.5) is 0 Å². The molecule has 1 fully saturated rings. The highest BCUT2D eigenvalue weighted by atomic mass is 16.5. The molecule has 3 rings (SSSR count). The predicted molar refractivity (Wildman–Crippen MR) is 86.9 cm³/mol. The number of aromatic nitrogens is 2. The molecule has 0 aliphatic carbocycles. The van der Waals surface area contributed by atoms with Crippen molar-refractivity contribution < 1.29 is 9.53 Å². The highest BCUT2D eigenvalue weighted by molar-refractivity contribution is 5.81. The van der Waals surface area contributed by atoms with Crippen LogP contribution >= 0.6 is 0 Å². The van der Waals surface area contributed by atoms with E-state index in [1.54, 1.807) is 18.1 Å². The van der Waals surface area contributed by atoms with Crippen LogP contribution in [0.1, 0.15) is 11.4 Å². The molecular weight excluding hydrogens is 292 g/mol. The summed E-state index contributed by atoms with van der Waals surface area (Å²) in [5, 5.41) is 3.18. The van der Waals surface area contributed by atoms with Crippen LogP contribution in [0.3, 0.4) is 0 Å². The van der Waals surface area contributed by atoms with Crippen LogP contribution < -0.4 is 5.32 Å². The number of likely N-dealkylation sites (N-methyl/N-ethyl adjacent to an activating group) is 1. The second kappa shape index (κ2) is 7.39. The highest BCUT2D eigenvalue weighted by Crippen LogP contribution is 2.09. The highest BCUT2D eigenvalue weighted by Gasteiger charge is 2.25. The lowest BCUT2D eigenvalue weighted by Gasteiger charge is -2.27. The van der Waals surface area contributed by atoms with Gasteiger partial charge in [0.15, 0.2) is 0 Å². The number of hydrogen-bond donors (Lipinski definition) is 1. The Hall–Kier alpha value is -2.18. The number of hydrogen-bond acceptors (Lipinski definition) is 4. The number of nitrogens with one attached hydrogen (secondary N) is 1. The van der Waals surface area contributed by atoms with Crippen LogP contribution in [0.5, 0.6) is 0 Å². The number of rotatable bonds is 5. The number of carbonyl (C=O) groups excluding carboxylic acids is 1. The van der Waals surface area contributed by atoms with E-state index in [9.17, 15) is 4.79 Å².